The molecule has 1 heterocycles. The zero-order chi connectivity index (χ0) is 31.8. The van der Waals surface area contributed by atoms with Gasteiger partial charge in [0.05, 0.1) is 6.57 Å². The van der Waals surface area contributed by atoms with Gasteiger partial charge in [0.15, 0.2) is 23.2 Å². The molecule has 4 heteroatoms. The lowest BCUT2D eigenvalue weighted by Crippen LogP contribution is -2.55. The Hall–Kier alpha value is -5.40. The highest BCUT2D eigenvalue weighted by molar-refractivity contribution is 5.88. The molecule has 0 atom stereocenters. The molecule has 0 unspecified atom stereocenters. The Morgan fingerprint density at radius 1 is 0.479 bits per heavy atom. The number of nitrogens with zero attached hydrogens (tertiary/aromatic N) is 4. The molecular formula is C44H34N4. The fourth-order valence-electron chi connectivity index (χ4n) is 10.3. The van der Waals surface area contributed by atoms with Crippen molar-refractivity contribution in [2.24, 2.45) is 23.7 Å². The van der Waals surface area contributed by atoms with E-state index >= 15 is 0 Å². The molecule has 6 aromatic rings. The quantitative estimate of drug-likeness (QED) is 0.185. The van der Waals surface area contributed by atoms with E-state index in [-0.39, 0.29) is 5.41 Å². The molecule has 0 radical (unpaired) electrons. The molecule has 48 heavy (non-hydrogen) atoms. The Labute approximate surface area is 281 Å². The molecule has 0 N–H and O–H groups in total. The highest BCUT2D eigenvalue weighted by Crippen LogP contribution is 2.69. The molecule has 4 fully saturated rings. The van der Waals surface area contributed by atoms with E-state index in [1.54, 1.807) is 0 Å². The van der Waals surface area contributed by atoms with Crippen molar-refractivity contribution >= 4 is 5.69 Å². The van der Waals surface area contributed by atoms with Crippen molar-refractivity contribution in [3.8, 4) is 56.4 Å². The van der Waals surface area contributed by atoms with Crippen LogP contribution in [0.25, 0.3) is 61.3 Å². The minimum Gasteiger partial charge on any atom is -0.238 e. The van der Waals surface area contributed by atoms with Crippen LogP contribution in [0.4, 0.5) is 5.69 Å². The van der Waals surface area contributed by atoms with E-state index in [4.69, 9.17) is 21.5 Å². The zero-order valence-electron chi connectivity index (χ0n) is 26.7. The second kappa shape index (κ2) is 10.6. The van der Waals surface area contributed by atoms with Gasteiger partial charge < -0.3 is 0 Å². The molecule has 0 saturated heterocycles. The zero-order valence-corrected chi connectivity index (χ0v) is 26.7. The van der Waals surface area contributed by atoms with Crippen LogP contribution in [0, 0.1) is 30.2 Å². The summed E-state index contributed by atoms with van der Waals surface area (Å²) in [6, 6.07) is 42.6. The number of fused-ring (bicyclic) bond motifs is 3. The summed E-state index contributed by atoms with van der Waals surface area (Å²) in [5, 5.41) is 0. The van der Waals surface area contributed by atoms with Gasteiger partial charge in [-0.25, -0.2) is 19.8 Å². The Kier molecular flexibility index (Phi) is 6.09. The van der Waals surface area contributed by atoms with Gasteiger partial charge in [0.25, 0.3) is 0 Å². The van der Waals surface area contributed by atoms with Gasteiger partial charge in [0.2, 0.25) is 0 Å². The Morgan fingerprint density at radius 3 is 1.52 bits per heavy atom. The number of rotatable bonds is 4. The van der Waals surface area contributed by atoms with Gasteiger partial charge in [-0.15, -0.1) is 0 Å². The Balaban J connectivity index is 1.18. The molecule has 230 valence electrons. The minimum absolute atomic E-state index is 0.0330. The van der Waals surface area contributed by atoms with Gasteiger partial charge in [0, 0.05) is 22.1 Å². The third-order valence-corrected chi connectivity index (χ3v) is 11.9. The fourth-order valence-corrected chi connectivity index (χ4v) is 10.3. The molecule has 11 rings (SSSR count). The van der Waals surface area contributed by atoms with Gasteiger partial charge in [0.1, 0.15) is 0 Å². The first-order valence-corrected chi connectivity index (χ1v) is 17.3. The predicted octanol–water partition coefficient (Wildman–Crippen LogP) is 10.8. The van der Waals surface area contributed by atoms with E-state index in [0.29, 0.717) is 35.0 Å². The first-order valence-electron chi connectivity index (χ1n) is 17.3. The summed E-state index contributed by atoms with van der Waals surface area (Å²) >= 11 is 0. The van der Waals surface area contributed by atoms with Crippen LogP contribution >= 0.6 is 0 Å². The summed E-state index contributed by atoms with van der Waals surface area (Å²) in [5.41, 5.74) is 11.5. The molecule has 4 nitrogen and oxygen atoms in total. The average Bonchev–Trinajstić information content (AvgIpc) is 3.43. The van der Waals surface area contributed by atoms with Crippen molar-refractivity contribution in [1.29, 1.82) is 0 Å². The molecular weight excluding hydrogens is 585 g/mol. The second-order valence-electron chi connectivity index (χ2n) is 14.4. The summed E-state index contributed by atoms with van der Waals surface area (Å²) in [7, 11) is 0. The average molecular weight is 619 g/mol. The maximum atomic E-state index is 7.87. The third-order valence-electron chi connectivity index (χ3n) is 11.9. The predicted molar refractivity (Wildman–Crippen MR) is 191 cm³/mol. The molecule has 1 aromatic heterocycles. The molecule has 0 amide bonds. The summed E-state index contributed by atoms with van der Waals surface area (Å²) in [5.74, 6) is 5.04. The van der Waals surface area contributed by atoms with Crippen molar-refractivity contribution in [1.82, 2.24) is 15.0 Å². The molecule has 5 aromatic carbocycles. The smallest absolute Gasteiger partial charge is 0.194 e. The first-order chi connectivity index (χ1) is 23.7. The van der Waals surface area contributed by atoms with Gasteiger partial charge in [-0.2, -0.15) is 0 Å². The van der Waals surface area contributed by atoms with Crippen molar-refractivity contribution in [2.45, 2.75) is 37.5 Å². The van der Waals surface area contributed by atoms with Gasteiger partial charge in [-0.05, 0) is 95.2 Å². The molecule has 1 spiro atoms. The standard InChI is InChI=1S/C44H34N4/c1-45-40-15-9-8-14-35(40)31-16-18-36-37-19-17-32(26-39(37)44(38(36)25-31)33-21-27-20-28(23-33)24-34(44)22-27)43-47-41(29-10-4-2-5-11-29)46-42(48-43)30-12-6-3-7-13-30/h2-19,25-28,33-34H,20-24H2. The highest BCUT2D eigenvalue weighted by Gasteiger charge is 2.61. The lowest BCUT2D eigenvalue weighted by atomic mass is 9.43. The van der Waals surface area contributed by atoms with E-state index in [1.807, 2.05) is 48.5 Å². The molecule has 5 aliphatic rings. The molecule has 4 saturated carbocycles. The number of hydrogen-bond acceptors (Lipinski definition) is 3. The van der Waals surface area contributed by atoms with Crippen LogP contribution in [0.5, 0.6) is 0 Å². The molecule has 0 aliphatic heterocycles. The largest absolute Gasteiger partial charge is 0.238 e. The van der Waals surface area contributed by atoms with E-state index in [9.17, 15) is 0 Å². The van der Waals surface area contributed by atoms with Gasteiger partial charge >= 0.3 is 0 Å². The molecule has 5 aliphatic carbocycles. The van der Waals surface area contributed by atoms with Crippen LogP contribution < -0.4 is 0 Å². The summed E-state index contributed by atoms with van der Waals surface area (Å²) in [6.07, 6.45) is 6.64. The van der Waals surface area contributed by atoms with E-state index in [1.165, 1.54) is 54.4 Å². The van der Waals surface area contributed by atoms with E-state index < -0.39 is 0 Å². The number of hydrogen-bond donors (Lipinski definition) is 0. The lowest BCUT2D eigenvalue weighted by molar-refractivity contribution is -0.0399. The van der Waals surface area contributed by atoms with Gasteiger partial charge in [-0.3, -0.25) is 0 Å². The first kappa shape index (κ1) is 27.7. The SMILES string of the molecule is [C-]#[N+]c1ccccc1-c1ccc2c(c1)C1(c3cc(-c4nc(-c5ccccc5)nc(-c5ccccc5)n4)ccc3-2)C2CC3CC(C2)CC1C3. The maximum Gasteiger partial charge on any atom is 0.194 e. The fraction of sp³-hybridized carbons (Fsp3) is 0.227. The van der Waals surface area contributed by atoms with Crippen molar-refractivity contribution in [2.75, 3.05) is 0 Å². The van der Waals surface area contributed by atoms with E-state index in [2.05, 4.69) is 77.6 Å². The Bertz CT molecular complexity index is 2180. The Morgan fingerprint density at radius 2 is 0.958 bits per heavy atom. The van der Waals surface area contributed by atoms with Crippen LogP contribution in [0.15, 0.2) is 121 Å². The minimum atomic E-state index is -0.0330. The second-order valence-corrected chi connectivity index (χ2v) is 14.4. The normalized spacial score (nSPS) is 24.3. The summed E-state index contributed by atoms with van der Waals surface area (Å²) in [6.45, 7) is 7.87. The van der Waals surface area contributed by atoms with Crippen molar-refractivity contribution in [3.05, 3.63) is 144 Å². The number of benzene rings is 5. The summed E-state index contributed by atoms with van der Waals surface area (Å²) in [4.78, 5) is 19.1. The lowest BCUT2D eigenvalue weighted by Gasteiger charge is -2.61. The summed E-state index contributed by atoms with van der Waals surface area (Å²) < 4.78 is 0. The van der Waals surface area contributed by atoms with E-state index in [0.717, 1.165) is 39.7 Å². The monoisotopic (exact) mass is 618 g/mol. The van der Waals surface area contributed by atoms with Crippen molar-refractivity contribution < 1.29 is 0 Å². The van der Waals surface area contributed by atoms with Crippen LogP contribution in [-0.4, -0.2) is 15.0 Å². The third kappa shape index (κ3) is 4.04. The highest BCUT2D eigenvalue weighted by atomic mass is 15.0. The number of para-hydroxylation sites is 1. The van der Waals surface area contributed by atoms with Gasteiger partial charge in [-0.1, -0.05) is 115 Å². The van der Waals surface area contributed by atoms with Crippen LogP contribution in [0.3, 0.4) is 0 Å². The molecule has 4 bridgehead atoms. The topological polar surface area (TPSA) is 43.0 Å². The van der Waals surface area contributed by atoms with Crippen LogP contribution in [-0.2, 0) is 5.41 Å². The van der Waals surface area contributed by atoms with Crippen molar-refractivity contribution in [3.63, 3.8) is 0 Å². The van der Waals surface area contributed by atoms with Crippen LogP contribution in [0.2, 0.25) is 0 Å². The number of aromatic nitrogens is 3. The van der Waals surface area contributed by atoms with Crippen LogP contribution in [0.1, 0.15) is 43.2 Å². The maximum absolute atomic E-state index is 7.87.